The molecule has 142 valence electrons. The summed E-state index contributed by atoms with van der Waals surface area (Å²) in [5.41, 5.74) is 0.885. The largest absolute Gasteiger partial charge is 0.497 e. The summed E-state index contributed by atoms with van der Waals surface area (Å²) in [4.78, 5) is 11.9. The van der Waals surface area contributed by atoms with E-state index in [0.717, 1.165) is 23.5 Å². The minimum absolute atomic E-state index is 0.0164. The molecule has 0 aliphatic heterocycles. The number of carbonyl (C=O) groups is 1. The van der Waals surface area contributed by atoms with Gasteiger partial charge in [0.05, 0.1) is 25.7 Å². The number of aromatic nitrogens is 3. The number of nitrogens with zero attached hydrogens (tertiary/aromatic N) is 3. The Morgan fingerprint density at radius 2 is 2.19 bits per heavy atom. The van der Waals surface area contributed by atoms with Crippen LogP contribution in [0.1, 0.15) is 19.1 Å². The van der Waals surface area contributed by atoms with Crippen LogP contribution in [0.3, 0.4) is 0 Å². The summed E-state index contributed by atoms with van der Waals surface area (Å²) in [6.07, 6.45) is 2.54. The molecule has 0 saturated heterocycles. The van der Waals surface area contributed by atoms with E-state index in [1.54, 1.807) is 13.4 Å². The molecule has 0 radical (unpaired) electrons. The lowest BCUT2D eigenvalue weighted by Gasteiger charge is -2.10. The van der Waals surface area contributed by atoms with Gasteiger partial charge in [-0.1, -0.05) is 30.8 Å². The third kappa shape index (κ3) is 4.91. The van der Waals surface area contributed by atoms with Crippen LogP contribution in [0.15, 0.2) is 52.2 Å². The van der Waals surface area contributed by atoms with E-state index in [0.29, 0.717) is 24.1 Å². The van der Waals surface area contributed by atoms with Crippen molar-refractivity contribution in [1.29, 1.82) is 0 Å². The number of carbonyl (C=O) groups excluding carboxylic acids is 1. The van der Waals surface area contributed by atoms with Crippen molar-refractivity contribution in [2.45, 2.75) is 25.0 Å². The van der Waals surface area contributed by atoms with Crippen LogP contribution < -0.4 is 10.1 Å². The first-order valence-electron chi connectivity index (χ1n) is 8.70. The normalized spacial score (nSPS) is 10.7. The second-order valence-corrected chi connectivity index (χ2v) is 6.78. The summed E-state index contributed by atoms with van der Waals surface area (Å²) >= 11 is 1.36. The number of amides is 1. The minimum atomic E-state index is -0.0164. The van der Waals surface area contributed by atoms with Crippen molar-refractivity contribution in [2.75, 3.05) is 19.4 Å². The van der Waals surface area contributed by atoms with Crippen LogP contribution in [0.4, 0.5) is 0 Å². The van der Waals surface area contributed by atoms with Crippen LogP contribution in [0.5, 0.6) is 5.75 Å². The average molecular weight is 386 g/mol. The zero-order valence-electron chi connectivity index (χ0n) is 15.3. The van der Waals surface area contributed by atoms with Gasteiger partial charge in [0.1, 0.15) is 11.5 Å². The Hall–Kier alpha value is -2.74. The molecule has 0 spiro atoms. The highest BCUT2D eigenvalue weighted by molar-refractivity contribution is 7.99. The van der Waals surface area contributed by atoms with Crippen LogP contribution in [0.25, 0.3) is 11.4 Å². The molecule has 2 heterocycles. The van der Waals surface area contributed by atoms with Crippen molar-refractivity contribution >= 4 is 17.7 Å². The molecule has 0 fully saturated rings. The van der Waals surface area contributed by atoms with E-state index in [4.69, 9.17) is 9.15 Å². The van der Waals surface area contributed by atoms with E-state index in [1.165, 1.54) is 11.8 Å². The second kappa shape index (κ2) is 9.27. The number of hydrogen-bond donors (Lipinski definition) is 1. The molecule has 3 aromatic rings. The molecule has 0 aliphatic rings. The molecule has 0 bridgehead atoms. The molecule has 3 rings (SSSR count). The summed E-state index contributed by atoms with van der Waals surface area (Å²) in [5.74, 6) is 2.50. The highest BCUT2D eigenvalue weighted by Crippen LogP contribution is 2.27. The Balaban J connectivity index is 1.86. The fraction of sp³-hybridized carbons (Fsp3) is 0.316. The van der Waals surface area contributed by atoms with Crippen molar-refractivity contribution in [3.63, 3.8) is 0 Å². The number of rotatable bonds is 9. The van der Waals surface area contributed by atoms with Gasteiger partial charge in [0.2, 0.25) is 5.91 Å². The Bertz CT molecular complexity index is 877. The van der Waals surface area contributed by atoms with Crippen molar-refractivity contribution in [2.24, 2.45) is 0 Å². The molecule has 0 aliphatic carbocycles. The molecule has 8 heteroatoms. The zero-order valence-corrected chi connectivity index (χ0v) is 16.2. The molecule has 27 heavy (non-hydrogen) atoms. The lowest BCUT2D eigenvalue weighted by Crippen LogP contribution is -2.25. The number of furan rings is 1. The predicted octanol–water partition coefficient (Wildman–Crippen LogP) is 3.21. The number of ether oxygens (including phenoxy) is 1. The van der Waals surface area contributed by atoms with Gasteiger partial charge >= 0.3 is 0 Å². The summed E-state index contributed by atoms with van der Waals surface area (Å²) in [7, 11) is 1.63. The minimum Gasteiger partial charge on any atom is -0.497 e. The Morgan fingerprint density at radius 3 is 2.93 bits per heavy atom. The first kappa shape index (κ1) is 19.0. The van der Waals surface area contributed by atoms with Crippen molar-refractivity contribution < 1.29 is 13.9 Å². The van der Waals surface area contributed by atoms with E-state index in [9.17, 15) is 4.79 Å². The maximum atomic E-state index is 11.9. The van der Waals surface area contributed by atoms with Gasteiger partial charge in [0.25, 0.3) is 0 Å². The first-order valence-corrected chi connectivity index (χ1v) is 9.69. The van der Waals surface area contributed by atoms with Gasteiger partial charge in [-0.25, -0.2) is 0 Å². The number of methoxy groups -OCH3 is 1. The summed E-state index contributed by atoms with van der Waals surface area (Å²) in [6, 6.07) is 11.4. The SMILES string of the molecule is CCCNC(=O)CSc1nnc(-c2cccc(OC)c2)n1Cc1ccco1. The van der Waals surface area contributed by atoms with Crippen molar-refractivity contribution in [1.82, 2.24) is 20.1 Å². The highest BCUT2D eigenvalue weighted by Gasteiger charge is 2.17. The van der Waals surface area contributed by atoms with E-state index >= 15 is 0 Å². The molecule has 2 aromatic heterocycles. The Morgan fingerprint density at radius 1 is 1.30 bits per heavy atom. The molecule has 7 nitrogen and oxygen atoms in total. The van der Waals surface area contributed by atoms with E-state index in [2.05, 4.69) is 15.5 Å². The van der Waals surface area contributed by atoms with Crippen molar-refractivity contribution in [3.05, 3.63) is 48.4 Å². The van der Waals surface area contributed by atoms with E-state index < -0.39 is 0 Å². The third-order valence-electron chi connectivity index (χ3n) is 3.84. The molecule has 0 atom stereocenters. The second-order valence-electron chi connectivity index (χ2n) is 5.84. The first-order chi connectivity index (χ1) is 13.2. The number of thioether (sulfide) groups is 1. The van der Waals surface area contributed by atoms with Crippen LogP contribution >= 0.6 is 11.8 Å². The zero-order chi connectivity index (χ0) is 19.1. The number of nitrogens with one attached hydrogen (secondary N) is 1. The summed E-state index contributed by atoms with van der Waals surface area (Å²) < 4.78 is 12.7. The Labute approximate surface area is 162 Å². The van der Waals surface area contributed by atoms with Crippen molar-refractivity contribution in [3.8, 4) is 17.1 Å². The molecular weight excluding hydrogens is 364 g/mol. The third-order valence-corrected chi connectivity index (χ3v) is 4.81. The molecule has 1 N–H and O–H groups in total. The van der Waals surface area contributed by atoms with Gasteiger partial charge in [0.15, 0.2) is 11.0 Å². The lowest BCUT2D eigenvalue weighted by atomic mass is 10.2. The average Bonchev–Trinajstić information content (AvgIpc) is 3.35. The van der Waals surface area contributed by atoms with Crippen LogP contribution in [-0.4, -0.2) is 40.1 Å². The van der Waals surface area contributed by atoms with Crippen LogP contribution in [-0.2, 0) is 11.3 Å². The quantitative estimate of drug-likeness (QED) is 0.569. The monoisotopic (exact) mass is 386 g/mol. The summed E-state index contributed by atoms with van der Waals surface area (Å²) in [6.45, 7) is 3.17. The lowest BCUT2D eigenvalue weighted by molar-refractivity contribution is -0.118. The molecule has 1 amide bonds. The maximum absolute atomic E-state index is 11.9. The predicted molar refractivity (Wildman–Crippen MR) is 104 cm³/mol. The van der Waals surface area contributed by atoms with Gasteiger partial charge in [-0.2, -0.15) is 0 Å². The highest BCUT2D eigenvalue weighted by atomic mass is 32.2. The standard InChI is InChI=1S/C19H22N4O3S/c1-3-9-20-17(24)13-27-19-22-21-18(14-6-4-7-15(11-14)25-2)23(19)12-16-8-5-10-26-16/h4-8,10-11H,3,9,12-13H2,1-2H3,(H,20,24). The fourth-order valence-electron chi connectivity index (χ4n) is 2.52. The topological polar surface area (TPSA) is 82.2 Å². The van der Waals surface area contributed by atoms with Crippen LogP contribution in [0, 0.1) is 0 Å². The van der Waals surface area contributed by atoms with Gasteiger partial charge in [-0.15, -0.1) is 10.2 Å². The molecule has 0 saturated carbocycles. The fourth-order valence-corrected chi connectivity index (χ4v) is 3.29. The van der Waals surface area contributed by atoms with Gasteiger partial charge in [-0.05, 0) is 30.7 Å². The molecule has 1 aromatic carbocycles. The molecular formula is C19H22N4O3S. The van der Waals surface area contributed by atoms with Crippen LogP contribution in [0.2, 0.25) is 0 Å². The molecule has 0 unspecified atom stereocenters. The summed E-state index contributed by atoms with van der Waals surface area (Å²) in [5, 5.41) is 12.2. The Kier molecular flexibility index (Phi) is 6.54. The van der Waals surface area contributed by atoms with Gasteiger partial charge < -0.3 is 14.5 Å². The van der Waals surface area contributed by atoms with Gasteiger partial charge in [-0.3, -0.25) is 9.36 Å². The van der Waals surface area contributed by atoms with E-state index in [-0.39, 0.29) is 11.7 Å². The number of hydrogen-bond acceptors (Lipinski definition) is 6. The van der Waals surface area contributed by atoms with E-state index in [1.807, 2.05) is 47.9 Å². The smallest absolute Gasteiger partial charge is 0.230 e. The number of benzene rings is 1. The maximum Gasteiger partial charge on any atom is 0.230 e. The van der Waals surface area contributed by atoms with Gasteiger partial charge in [0, 0.05) is 12.1 Å².